The van der Waals surface area contributed by atoms with Crippen LogP contribution in [0.1, 0.15) is 5.56 Å². The van der Waals surface area contributed by atoms with Crippen molar-refractivity contribution in [2.24, 2.45) is 0 Å². The fourth-order valence-corrected chi connectivity index (χ4v) is 0.910. The molecule has 1 aromatic rings. The summed E-state index contributed by atoms with van der Waals surface area (Å²) < 4.78 is 4.82. The van der Waals surface area contributed by atoms with E-state index in [0.29, 0.717) is 0 Å². The zero-order valence-electron chi connectivity index (χ0n) is 7.72. The number of esters is 1. The van der Waals surface area contributed by atoms with Gasteiger partial charge in [0.05, 0.1) is 0 Å². The third-order valence-corrected chi connectivity index (χ3v) is 1.69. The van der Waals surface area contributed by atoms with Crippen molar-refractivity contribution in [1.82, 2.24) is 0 Å². The lowest BCUT2D eigenvalue weighted by Crippen LogP contribution is -2.20. The number of carbonyl (C=O) groups excluding carboxylic acids is 1. The standard InChI is InChI=1S/C11H12O3/c1-2-10(12)11(13)14-8-9-6-4-3-5-7-9/h2-7,10,12H,1,8H2/t10-/m0/s1. The molecule has 0 fully saturated rings. The molecule has 1 aromatic carbocycles. The van der Waals surface area contributed by atoms with E-state index in [1.54, 1.807) is 0 Å². The van der Waals surface area contributed by atoms with E-state index < -0.39 is 12.1 Å². The first-order valence-corrected chi connectivity index (χ1v) is 4.25. The molecule has 0 unspecified atom stereocenters. The molecule has 0 amide bonds. The number of carbonyl (C=O) groups is 1. The van der Waals surface area contributed by atoms with Gasteiger partial charge in [-0.3, -0.25) is 0 Å². The van der Waals surface area contributed by atoms with Crippen molar-refractivity contribution >= 4 is 5.97 Å². The van der Waals surface area contributed by atoms with Gasteiger partial charge in [0, 0.05) is 0 Å². The summed E-state index contributed by atoms with van der Waals surface area (Å²) >= 11 is 0. The number of aliphatic hydroxyl groups is 1. The van der Waals surface area contributed by atoms with Crippen LogP contribution in [0, 0.1) is 0 Å². The van der Waals surface area contributed by atoms with Gasteiger partial charge in [0.1, 0.15) is 6.61 Å². The first-order chi connectivity index (χ1) is 6.74. The maximum atomic E-state index is 11.0. The molecule has 0 radical (unpaired) electrons. The zero-order valence-corrected chi connectivity index (χ0v) is 7.72. The number of ether oxygens (including phenoxy) is 1. The van der Waals surface area contributed by atoms with Crippen molar-refractivity contribution in [2.45, 2.75) is 12.7 Å². The van der Waals surface area contributed by atoms with Crippen LogP contribution in [-0.4, -0.2) is 17.2 Å². The molecule has 0 spiro atoms. The monoisotopic (exact) mass is 192 g/mol. The highest BCUT2D eigenvalue weighted by molar-refractivity contribution is 5.76. The van der Waals surface area contributed by atoms with Crippen molar-refractivity contribution in [1.29, 1.82) is 0 Å². The van der Waals surface area contributed by atoms with E-state index in [0.717, 1.165) is 11.6 Å². The Hall–Kier alpha value is -1.61. The Labute approximate surface area is 82.6 Å². The van der Waals surface area contributed by atoms with Crippen molar-refractivity contribution in [3.63, 3.8) is 0 Å². The number of hydrogen-bond acceptors (Lipinski definition) is 3. The minimum absolute atomic E-state index is 0.171. The van der Waals surface area contributed by atoms with E-state index in [1.165, 1.54) is 0 Å². The van der Waals surface area contributed by atoms with Gasteiger partial charge in [0.25, 0.3) is 0 Å². The molecule has 0 saturated carbocycles. The average molecular weight is 192 g/mol. The van der Waals surface area contributed by atoms with Crippen LogP contribution in [0.2, 0.25) is 0 Å². The summed E-state index contributed by atoms with van der Waals surface area (Å²) in [6.07, 6.45) is -0.105. The Morgan fingerprint density at radius 2 is 2.14 bits per heavy atom. The van der Waals surface area contributed by atoms with E-state index >= 15 is 0 Å². The second-order valence-corrected chi connectivity index (χ2v) is 2.77. The van der Waals surface area contributed by atoms with E-state index in [-0.39, 0.29) is 6.61 Å². The number of aliphatic hydroxyl groups excluding tert-OH is 1. The Kier molecular flexibility index (Phi) is 3.88. The maximum absolute atomic E-state index is 11.0. The Balaban J connectivity index is 2.42. The number of hydrogen-bond donors (Lipinski definition) is 1. The van der Waals surface area contributed by atoms with Gasteiger partial charge in [-0.15, -0.1) is 0 Å². The maximum Gasteiger partial charge on any atom is 0.339 e. The van der Waals surface area contributed by atoms with Gasteiger partial charge in [0.15, 0.2) is 6.10 Å². The largest absolute Gasteiger partial charge is 0.459 e. The average Bonchev–Trinajstić information content (AvgIpc) is 2.26. The van der Waals surface area contributed by atoms with E-state index in [9.17, 15) is 4.79 Å². The van der Waals surface area contributed by atoms with Crippen molar-refractivity contribution < 1.29 is 14.6 Å². The van der Waals surface area contributed by atoms with E-state index in [4.69, 9.17) is 9.84 Å². The molecular formula is C11H12O3. The number of rotatable bonds is 4. The quantitative estimate of drug-likeness (QED) is 0.577. The van der Waals surface area contributed by atoms with Gasteiger partial charge >= 0.3 is 5.97 Å². The Morgan fingerprint density at radius 1 is 1.50 bits per heavy atom. The smallest absolute Gasteiger partial charge is 0.339 e. The summed E-state index contributed by atoms with van der Waals surface area (Å²) in [4.78, 5) is 11.0. The number of benzene rings is 1. The van der Waals surface area contributed by atoms with Gasteiger partial charge < -0.3 is 9.84 Å². The second kappa shape index (κ2) is 5.19. The first kappa shape index (κ1) is 10.5. The highest BCUT2D eigenvalue weighted by Gasteiger charge is 2.11. The molecule has 3 nitrogen and oxygen atoms in total. The molecule has 0 heterocycles. The molecule has 74 valence electrons. The molecule has 1 N–H and O–H groups in total. The Morgan fingerprint density at radius 3 is 2.71 bits per heavy atom. The molecule has 0 saturated heterocycles. The highest BCUT2D eigenvalue weighted by Crippen LogP contribution is 2.01. The molecule has 0 aliphatic heterocycles. The summed E-state index contributed by atoms with van der Waals surface area (Å²) in [5, 5.41) is 9.01. The predicted molar refractivity (Wildman–Crippen MR) is 52.4 cm³/mol. The van der Waals surface area contributed by atoms with Crippen LogP contribution in [0.4, 0.5) is 0 Å². The second-order valence-electron chi connectivity index (χ2n) is 2.77. The third kappa shape index (κ3) is 3.03. The minimum Gasteiger partial charge on any atom is -0.459 e. The topological polar surface area (TPSA) is 46.5 Å². The molecule has 0 bridgehead atoms. The van der Waals surface area contributed by atoms with Crippen LogP contribution in [-0.2, 0) is 16.1 Å². The predicted octanol–water partition coefficient (Wildman–Crippen LogP) is 1.28. The molecule has 0 aliphatic rings. The SMILES string of the molecule is C=C[C@H](O)C(=O)OCc1ccccc1. The molecule has 0 aliphatic carbocycles. The van der Waals surface area contributed by atoms with Gasteiger partial charge in [0.2, 0.25) is 0 Å². The highest BCUT2D eigenvalue weighted by atomic mass is 16.5. The van der Waals surface area contributed by atoms with Gasteiger partial charge in [-0.25, -0.2) is 4.79 Å². The fraction of sp³-hybridized carbons (Fsp3) is 0.182. The van der Waals surface area contributed by atoms with Crippen molar-refractivity contribution in [2.75, 3.05) is 0 Å². The lowest BCUT2D eigenvalue weighted by atomic mass is 10.2. The molecule has 1 rings (SSSR count). The lowest BCUT2D eigenvalue weighted by Gasteiger charge is -2.06. The summed E-state index contributed by atoms with van der Waals surface area (Å²) in [5.41, 5.74) is 0.886. The van der Waals surface area contributed by atoms with Crippen LogP contribution in [0.25, 0.3) is 0 Å². The van der Waals surface area contributed by atoms with Gasteiger partial charge in [-0.05, 0) is 5.56 Å². The van der Waals surface area contributed by atoms with Crippen LogP contribution < -0.4 is 0 Å². The van der Waals surface area contributed by atoms with Crippen LogP contribution >= 0.6 is 0 Å². The van der Waals surface area contributed by atoms with Crippen LogP contribution in [0.5, 0.6) is 0 Å². The van der Waals surface area contributed by atoms with Crippen LogP contribution in [0.3, 0.4) is 0 Å². The normalized spacial score (nSPS) is 11.8. The summed E-state index contributed by atoms with van der Waals surface area (Å²) in [5.74, 6) is -0.677. The van der Waals surface area contributed by atoms with Crippen molar-refractivity contribution in [3.8, 4) is 0 Å². The molecule has 0 aromatic heterocycles. The molecular weight excluding hydrogens is 180 g/mol. The summed E-state index contributed by atoms with van der Waals surface area (Å²) in [6, 6.07) is 9.27. The van der Waals surface area contributed by atoms with E-state index in [1.807, 2.05) is 30.3 Å². The summed E-state index contributed by atoms with van der Waals surface area (Å²) in [6.45, 7) is 3.46. The molecule has 1 atom stereocenters. The van der Waals surface area contributed by atoms with Crippen LogP contribution in [0.15, 0.2) is 43.0 Å². The van der Waals surface area contributed by atoms with Gasteiger partial charge in [-0.1, -0.05) is 43.0 Å². The minimum atomic E-state index is -1.24. The molecule has 3 heteroatoms. The third-order valence-electron chi connectivity index (χ3n) is 1.69. The van der Waals surface area contributed by atoms with E-state index in [2.05, 4.69) is 6.58 Å². The lowest BCUT2D eigenvalue weighted by molar-refractivity contribution is -0.152. The Bertz CT molecular complexity index is 306. The zero-order chi connectivity index (χ0) is 10.4. The van der Waals surface area contributed by atoms with Gasteiger partial charge in [-0.2, -0.15) is 0 Å². The molecule has 14 heavy (non-hydrogen) atoms. The van der Waals surface area contributed by atoms with Crippen molar-refractivity contribution in [3.05, 3.63) is 48.6 Å². The first-order valence-electron chi connectivity index (χ1n) is 4.25. The summed E-state index contributed by atoms with van der Waals surface area (Å²) in [7, 11) is 0. The fourth-order valence-electron chi connectivity index (χ4n) is 0.910.